The maximum Gasteiger partial charge on any atom is 0.474 e. The molecule has 0 spiro atoms. The minimum atomic E-state index is -3.50. The number of alkyl halides is 2. The van der Waals surface area contributed by atoms with Crippen LogP contribution >= 0.6 is 31.0 Å². The Morgan fingerprint density at radius 3 is 1.73 bits per heavy atom. The molecule has 0 aromatic carbocycles. The van der Waals surface area contributed by atoms with Gasteiger partial charge in [0, 0.05) is 0 Å². The van der Waals surface area contributed by atoms with Gasteiger partial charge in [-0.05, 0) is 20.8 Å². The molecular weight excluding hydrogens is 262 g/mol. The number of hydrogen-bond donors (Lipinski definition) is 0. The molecule has 0 fully saturated rings. The summed E-state index contributed by atoms with van der Waals surface area (Å²) in [6, 6.07) is 0. The molecule has 0 aromatic heterocycles. The Kier molecular flexibility index (Phi) is 8.24. The molecule has 0 aliphatic carbocycles. The molecule has 0 aliphatic heterocycles. The van der Waals surface area contributed by atoms with Crippen molar-refractivity contribution < 1.29 is 18.1 Å². The van der Waals surface area contributed by atoms with Crippen LogP contribution < -0.4 is 0 Å². The van der Waals surface area contributed by atoms with Crippen molar-refractivity contribution >= 4 is 31.0 Å². The van der Waals surface area contributed by atoms with Gasteiger partial charge >= 0.3 is 7.82 Å². The molecule has 2 unspecified atom stereocenters. The minimum Gasteiger partial charge on any atom is -0.287 e. The molecule has 0 saturated heterocycles. The molecule has 7 heteroatoms. The van der Waals surface area contributed by atoms with Gasteiger partial charge in [-0.3, -0.25) is 13.6 Å². The van der Waals surface area contributed by atoms with Gasteiger partial charge in [0.05, 0.1) is 30.6 Å². The quantitative estimate of drug-likeness (QED) is 0.504. The zero-order chi connectivity index (χ0) is 11.9. The maximum atomic E-state index is 11.8. The van der Waals surface area contributed by atoms with Crippen molar-refractivity contribution in [1.29, 1.82) is 0 Å². The molecule has 15 heavy (non-hydrogen) atoms. The second-order valence-corrected chi connectivity index (χ2v) is 6.18. The first-order valence-corrected chi connectivity index (χ1v) is 7.04. The number of rotatable bonds is 8. The van der Waals surface area contributed by atoms with Crippen molar-refractivity contribution in [2.24, 2.45) is 0 Å². The van der Waals surface area contributed by atoms with Gasteiger partial charge in [-0.25, -0.2) is 4.57 Å². The SMILES string of the molecule is CCOP(=O)(OCC(C)Cl)OCC(C)Cl. The molecule has 0 N–H and O–H groups in total. The van der Waals surface area contributed by atoms with Gasteiger partial charge in [0.2, 0.25) is 0 Å². The van der Waals surface area contributed by atoms with Crippen LogP contribution in [0.25, 0.3) is 0 Å². The predicted octanol–water partition coefficient (Wildman–Crippen LogP) is 3.42. The van der Waals surface area contributed by atoms with Crippen molar-refractivity contribution in [1.82, 2.24) is 0 Å². The van der Waals surface area contributed by atoms with E-state index >= 15 is 0 Å². The molecule has 0 amide bonds. The first-order chi connectivity index (χ1) is 6.89. The minimum absolute atomic E-state index is 0.107. The van der Waals surface area contributed by atoms with Crippen LogP contribution in [0.15, 0.2) is 0 Å². The summed E-state index contributed by atoms with van der Waals surface area (Å²) in [5, 5.41) is -0.508. The highest BCUT2D eigenvalue weighted by atomic mass is 35.5. The van der Waals surface area contributed by atoms with Crippen LogP contribution in [0.1, 0.15) is 20.8 Å². The van der Waals surface area contributed by atoms with Crippen molar-refractivity contribution in [3.05, 3.63) is 0 Å². The standard InChI is InChI=1S/C8H17Cl2O4P/c1-4-12-15(11,13-5-7(2)9)14-6-8(3)10/h7-8H,4-6H2,1-3H3. The van der Waals surface area contributed by atoms with Crippen LogP contribution in [0.2, 0.25) is 0 Å². The van der Waals surface area contributed by atoms with Gasteiger partial charge in [-0.2, -0.15) is 0 Å². The van der Waals surface area contributed by atoms with Gasteiger partial charge in [-0.1, -0.05) is 0 Å². The zero-order valence-corrected chi connectivity index (χ0v) is 11.5. The zero-order valence-electron chi connectivity index (χ0n) is 9.11. The molecule has 0 rings (SSSR count). The van der Waals surface area contributed by atoms with Crippen molar-refractivity contribution in [3.8, 4) is 0 Å². The summed E-state index contributed by atoms with van der Waals surface area (Å²) in [5.41, 5.74) is 0. The highest BCUT2D eigenvalue weighted by molar-refractivity contribution is 7.48. The van der Waals surface area contributed by atoms with Crippen LogP contribution in [0.3, 0.4) is 0 Å². The lowest BCUT2D eigenvalue weighted by atomic mass is 10.5. The Bertz CT molecular complexity index is 195. The van der Waals surface area contributed by atoms with Gasteiger partial charge < -0.3 is 0 Å². The lowest BCUT2D eigenvalue weighted by Gasteiger charge is -2.18. The van der Waals surface area contributed by atoms with E-state index in [0.717, 1.165) is 0 Å². The summed E-state index contributed by atoms with van der Waals surface area (Å²) in [4.78, 5) is 0. The molecule has 92 valence electrons. The van der Waals surface area contributed by atoms with Crippen molar-refractivity contribution in [2.75, 3.05) is 19.8 Å². The predicted molar refractivity (Wildman–Crippen MR) is 61.8 cm³/mol. The van der Waals surface area contributed by atoms with E-state index < -0.39 is 7.82 Å². The summed E-state index contributed by atoms with van der Waals surface area (Å²) >= 11 is 11.3. The third-order valence-corrected chi connectivity index (χ3v) is 2.97. The van der Waals surface area contributed by atoms with E-state index in [1.807, 2.05) is 0 Å². The molecule has 0 saturated carbocycles. The normalized spacial score (nSPS) is 19.5. The fourth-order valence-corrected chi connectivity index (χ4v) is 2.31. The summed E-state index contributed by atoms with van der Waals surface area (Å²) in [5.74, 6) is 0. The summed E-state index contributed by atoms with van der Waals surface area (Å²) in [6.07, 6.45) is 0. The fourth-order valence-electron chi connectivity index (χ4n) is 0.658. The average molecular weight is 279 g/mol. The van der Waals surface area contributed by atoms with E-state index in [0.29, 0.717) is 0 Å². The Balaban J connectivity index is 4.12. The molecule has 0 heterocycles. The molecule has 2 atom stereocenters. The van der Waals surface area contributed by atoms with Crippen LogP contribution in [0.5, 0.6) is 0 Å². The average Bonchev–Trinajstić information content (AvgIpc) is 2.13. The van der Waals surface area contributed by atoms with Crippen molar-refractivity contribution in [2.45, 2.75) is 31.5 Å². The Hall–Kier alpha value is 0.690. The van der Waals surface area contributed by atoms with Gasteiger partial charge in [0.25, 0.3) is 0 Å². The van der Waals surface area contributed by atoms with E-state index in [1.54, 1.807) is 20.8 Å². The van der Waals surface area contributed by atoms with Crippen molar-refractivity contribution in [3.63, 3.8) is 0 Å². The van der Waals surface area contributed by atoms with E-state index in [4.69, 9.17) is 36.8 Å². The van der Waals surface area contributed by atoms with E-state index in [-0.39, 0.29) is 30.6 Å². The molecule has 0 radical (unpaired) electrons. The summed E-state index contributed by atoms with van der Waals surface area (Å²) < 4.78 is 26.8. The number of hydrogen-bond acceptors (Lipinski definition) is 4. The summed E-state index contributed by atoms with van der Waals surface area (Å²) in [6.45, 7) is 5.60. The smallest absolute Gasteiger partial charge is 0.287 e. The summed E-state index contributed by atoms with van der Waals surface area (Å²) in [7, 11) is -3.50. The Labute approximate surface area is 101 Å². The Morgan fingerprint density at radius 1 is 1.07 bits per heavy atom. The van der Waals surface area contributed by atoms with E-state index in [9.17, 15) is 4.57 Å². The number of phosphoric ester groups is 1. The highest BCUT2D eigenvalue weighted by Gasteiger charge is 2.27. The number of phosphoric acid groups is 1. The van der Waals surface area contributed by atoms with E-state index in [1.165, 1.54) is 0 Å². The third kappa shape index (κ3) is 8.49. The van der Waals surface area contributed by atoms with Gasteiger partial charge in [-0.15, -0.1) is 23.2 Å². The fraction of sp³-hybridized carbons (Fsp3) is 1.00. The highest BCUT2D eigenvalue weighted by Crippen LogP contribution is 2.49. The van der Waals surface area contributed by atoms with Crippen LogP contribution in [-0.4, -0.2) is 30.6 Å². The van der Waals surface area contributed by atoms with Gasteiger partial charge in [0.1, 0.15) is 0 Å². The van der Waals surface area contributed by atoms with E-state index in [2.05, 4.69) is 0 Å². The molecule has 0 aromatic rings. The van der Waals surface area contributed by atoms with Gasteiger partial charge in [0.15, 0.2) is 0 Å². The molecule has 0 bridgehead atoms. The largest absolute Gasteiger partial charge is 0.474 e. The molecule has 0 aliphatic rings. The van der Waals surface area contributed by atoms with Crippen LogP contribution in [0, 0.1) is 0 Å². The number of halogens is 2. The lowest BCUT2D eigenvalue weighted by Crippen LogP contribution is -2.10. The maximum absolute atomic E-state index is 11.8. The van der Waals surface area contributed by atoms with Crippen LogP contribution in [-0.2, 0) is 18.1 Å². The second-order valence-electron chi connectivity index (χ2n) is 3.02. The van der Waals surface area contributed by atoms with Crippen LogP contribution in [0.4, 0.5) is 0 Å². The molecular formula is C8H17Cl2O4P. The third-order valence-electron chi connectivity index (χ3n) is 1.21. The molecule has 4 nitrogen and oxygen atoms in total. The first-order valence-electron chi connectivity index (χ1n) is 4.71. The Morgan fingerprint density at radius 2 is 1.47 bits per heavy atom. The topological polar surface area (TPSA) is 44.8 Å². The second kappa shape index (κ2) is 7.88. The lowest BCUT2D eigenvalue weighted by molar-refractivity contribution is 0.118. The monoisotopic (exact) mass is 278 g/mol. The first kappa shape index (κ1) is 15.7.